The topological polar surface area (TPSA) is 39.9 Å². The monoisotopic (exact) mass is 347 g/mol. The van der Waals surface area contributed by atoms with Gasteiger partial charge in [0.25, 0.3) is 0 Å². The van der Waals surface area contributed by atoms with E-state index in [1.54, 1.807) is 35.5 Å². The lowest BCUT2D eigenvalue weighted by atomic mass is 10.0. The maximum Gasteiger partial charge on any atom is 0.159 e. The molecule has 0 spiro atoms. The Hall–Kier alpha value is -2.18. The van der Waals surface area contributed by atoms with E-state index in [9.17, 15) is 0 Å². The molecule has 0 amide bonds. The maximum atomic E-state index is 15.0. The summed E-state index contributed by atoms with van der Waals surface area (Å²) in [6, 6.07) is 5.37. The zero-order chi connectivity index (χ0) is 16.1. The van der Waals surface area contributed by atoms with Crippen molar-refractivity contribution in [2.24, 2.45) is 7.05 Å². The van der Waals surface area contributed by atoms with Gasteiger partial charge in [0.1, 0.15) is 11.3 Å². The van der Waals surface area contributed by atoms with Gasteiger partial charge in [-0.15, -0.1) is 0 Å². The van der Waals surface area contributed by atoms with Gasteiger partial charge in [0, 0.05) is 34.3 Å². The third-order valence-electron chi connectivity index (χ3n) is 3.86. The molecule has 23 heavy (non-hydrogen) atoms. The number of ether oxygens (including phenoxy) is 1. The molecule has 4 aromatic rings. The standard InChI is InChI=1S/C16H11ClFN3OS/c1-21-16-8(6-19-21)3-10(22-2)5-11(16)13-12(17)4-9-7-23-20-15(9)14(13)18/h3-7H,1-2H3. The summed E-state index contributed by atoms with van der Waals surface area (Å²) in [4.78, 5) is 0. The van der Waals surface area contributed by atoms with Gasteiger partial charge in [-0.1, -0.05) is 11.6 Å². The van der Waals surface area contributed by atoms with Crippen molar-refractivity contribution < 1.29 is 9.13 Å². The molecular formula is C16H11ClFN3OS. The number of hydrogen-bond acceptors (Lipinski definition) is 4. The molecule has 7 heteroatoms. The molecule has 4 nitrogen and oxygen atoms in total. The minimum absolute atomic E-state index is 0.317. The fourth-order valence-corrected chi connectivity index (χ4v) is 3.74. The lowest BCUT2D eigenvalue weighted by molar-refractivity contribution is 0.415. The van der Waals surface area contributed by atoms with Gasteiger partial charge in [-0.25, -0.2) is 4.39 Å². The average Bonchev–Trinajstić information content (AvgIpc) is 3.14. The highest BCUT2D eigenvalue weighted by Crippen LogP contribution is 2.40. The van der Waals surface area contributed by atoms with Crippen LogP contribution in [0.25, 0.3) is 32.9 Å². The van der Waals surface area contributed by atoms with Crippen molar-refractivity contribution in [1.82, 2.24) is 14.2 Å². The summed E-state index contributed by atoms with van der Waals surface area (Å²) in [5.41, 5.74) is 2.07. The van der Waals surface area contributed by atoms with Crippen molar-refractivity contribution in [3.8, 4) is 16.9 Å². The van der Waals surface area contributed by atoms with Gasteiger partial charge < -0.3 is 4.74 Å². The van der Waals surface area contributed by atoms with Gasteiger partial charge in [0.05, 0.1) is 23.8 Å². The molecule has 0 unspecified atom stereocenters. The van der Waals surface area contributed by atoms with E-state index in [1.165, 1.54) is 11.5 Å². The molecule has 4 rings (SSSR count). The first-order valence-electron chi connectivity index (χ1n) is 6.82. The summed E-state index contributed by atoms with van der Waals surface area (Å²) in [7, 11) is 3.38. The van der Waals surface area contributed by atoms with Gasteiger partial charge in [0.2, 0.25) is 0 Å². The van der Waals surface area contributed by atoms with E-state index < -0.39 is 5.82 Å². The Kier molecular flexibility index (Phi) is 3.25. The van der Waals surface area contributed by atoms with Crippen molar-refractivity contribution in [2.45, 2.75) is 0 Å². The molecule has 0 aliphatic carbocycles. The van der Waals surface area contributed by atoms with Gasteiger partial charge in [-0.2, -0.15) is 9.47 Å². The minimum Gasteiger partial charge on any atom is -0.497 e. The summed E-state index contributed by atoms with van der Waals surface area (Å²) in [6.45, 7) is 0. The predicted molar refractivity (Wildman–Crippen MR) is 90.8 cm³/mol. The number of benzene rings is 2. The number of halogens is 2. The van der Waals surface area contributed by atoms with Gasteiger partial charge in [0.15, 0.2) is 5.82 Å². The number of aromatic nitrogens is 3. The summed E-state index contributed by atoms with van der Waals surface area (Å²) in [5.74, 6) is 0.193. The second-order valence-electron chi connectivity index (χ2n) is 5.18. The van der Waals surface area contributed by atoms with Crippen LogP contribution >= 0.6 is 23.1 Å². The Balaban J connectivity index is 2.15. The van der Waals surface area contributed by atoms with E-state index in [4.69, 9.17) is 16.3 Å². The van der Waals surface area contributed by atoms with Crippen molar-refractivity contribution in [3.63, 3.8) is 0 Å². The second kappa shape index (κ2) is 5.18. The molecule has 0 radical (unpaired) electrons. The van der Waals surface area contributed by atoms with Crippen molar-refractivity contribution in [1.29, 1.82) is 0 Å². The third kappa shape index (κ3) is 2.09. The molecule has 0 aliphatic heterocycles. The number of nitrogens with zero attached hydrogens (tertiary/aromatic N) is 3. The zero-order valence-electron chi connectivity index (χ0n) is 12.3. The quantitative estimate of drug-likeness (QED) is 0.530. The Bertz CT molecular complexity index is 1060. The lowest BCUT2D eigenvalue weighted by Gasteiger charge is -2.11. The van der Waals surface area contributed by atoms with E-state index in [0.717, 1.165) is 10.9 Å². The molecule has 2 aromatic heterocycles. The summed E-state index contributed by atoms with van der Waals surface area (Å²) in [5, 5.41) is 7.92. The van der Waals surface area contributed by atoms with E-state index in [0.29, 0.717) is 32.8 Å². The molecule has 116 valence electrons. The Morgan fingerprint density at radius 1 is 1.26 bits per heavy atom. The number of aryl methyl sites for hydroxylation is 1. The highest BCUT2D eigenvalue weighted by Gasteiger charge is 2.20. The first-order chi connectivity index (χ1) is 11.1. The number of fused-ring (bicyclic) bond motifs is 2. The predicted octanol–water partition coefficient (Wildman–Crippen LogP) is 4.65. The SMILES string of the molecule is COc1cc(-c2c(Cl)cc3csnc3c2F)c2c(cnn2C)c1. The maximum absolute atomic E-state index is 15.0. The molecule has 0 aliphatic rings. The highest BCUT2D eigenvalue weighted by molar-refractivity contribution is 7.04. The Morgan fingerprint density at radius 3 is 2.87 bits per heavy atom. The highest BCUT2D eigenvalue weighted by atomic mass is 35.5. The van der Waals surface area contributed by atoms with Crippen LogP contribution in [0.3, 0.4) is 0 Å². The fraction of sp³-hybridized carbons (Fsp3) is 0.125. The Morgan fingerprint density at radius 2 is 2.09 bits per heavy atom. The number of rotatable bonds is 2. The first-order valence-corrected chi connectivity index (χ1v) is 8.04. The van der Waals surface area contributed by atoms with Crippen LogP contribution in [-0.4, -0.2) is 21.3 Å². The fourth-order valence-electron chi connectivity index (χ4n) is 2.80. The average molecular weight is 348 g/mol. The molecule has 0 atom stereocenters. The van der Waals surface area contributed by atoms with Crippen LogP contribution in [0.4, 0.5) is 4.39 Å². The number of hydrogen-bond donors (Lipinski definition) is 0. The largest absolute Gasteiger partial charge is 0.497 e. The van der Waals surface area contributed by atoms with Gasteiger partial charge >= 0.3 is 0 Å². The lowest BCUT2D eigenvalue weighted by Crippen LogP contribution is -1.96. The molecule has 0 saturated carbocycles. The smallest absolute Gasteiger partial charge is 0.159 e. The molecule has 0 bridgehead atoms. The first kappa shape index (κ1) is 14.4. The van der Waals surface area contributed by atoms with Crippen molar-refractivity contribution in [3.05, 3.63) is 40.6 Å². The van der Waals surface area contributed by atoms with E-state index in [2.05, 4.69) is 9.47 Å². The van der Waals surface area contributed by atoms with Crippen molar-refractivity contribution in [2.75, 3.05) is 7.11 Å². The van der Waals surface area contributed by atoms with Crippen LogP contribution in [0.5, 0.6) is 5.75 Å². The molecule has 2 aromatic carbocycles. The molecule has 2 heterocycles. The van der Waals surface area contributed by atoms with Crippen molar-refractivity contribution >= 4 is 44.9 Å². The van der Waals surface area contributed by atoms with Crippen LogP contribution in [0, 0.1) is 5.82 Å². The zero-order valence-corrected chi connectivity index (χ0v) is 13.9. The summed E-state index contributed by atoms with van der Waals surface area (Å²) in [6.07, 6.45) is 1.72. The van der Waals surface area contributed by atoms with Crippen LogP contribution in [0.2, 0.25) is 5.02 Å². The summed E-state index contributed by atoms with van der Waals surface area (Å²) >= 11 is 7.59. The molecular weight excluding hydrogens is 337 g/mol. The molecule has 0 fully saturated rings. The van der Waals surface area contributed by atoms with Gasteiger partial charge in [-0.3, -0.25) is 4.68 Å². The second-order valence-corrected chi connectivity index (χ2v) is 6.22. The van der Waals surface area contributed by atoms with E-state index >= 15 is 4.39 Å². The molecule has 0 N–H and O–H groups in total. The Labute approximate surface area is 140 Å². The van der Waals surface area contributed by atoms with Crippen LogP contribution in [0.1, 0.15) is 0 Å². The van der Waals surface area contributed by atoms with E-state index in [1.807, 2.05) is 13.1 Å². The van der Waals surface area contributed by atoms with Crippen LogP contribution in [-0.2, 0) is 7.05 Å². The van der Waals surface area contributed by atoms with E-state index in [-0.39, 0.29) is 0 Å². The molecule has 0 saturated heterocycles. The number of methoxy groups -OCH3 is 1. The minimum atomic E-state index is -0.426. The summed E-state index contributed by atoms with van der Waals surface area (Å²) < 4.78 is 26.2. The normalized spacial score (nSPS) is 11.5. The van der Waals surface area contributed by atoms with Crippen LogP contribution < -0.4 is 4.74 Å². The van der Waals surface area contributed by atoms with Gasteiger partial charge in [-0.05, 0) is 29.7 Å². The third-order valence-corrected chi connectivity index (χ3v) is 4.80. The van der Waals surface area contributed by atoms with Crippen LogP contribution in [0.15, 0.2) is 29.8 Å².